The third kappa shape index (κ3) is 2.92. The van der Waals surface area contributed by atoms with Crippen LogP contribution in [0.25, 0.3) is 0 Å². The van der Waals surface area contributed by atoms with Crippen LogP contribution < -0.4 is 4.74 Å². The fourth-order valence-corrected chi connectivity index (χ4v) is 0.736. The Morgan fingerprint density at radius 2 is 2.07 bits per heavy atom. The largest absolute Gasteiger partial charge is 0.573 e. The van der Waals surface area contributed by atoms with Crippen LogP contribution in [0.3, 0.4) is 0 Å². The first kappa shape index (κ1) is 10.3. The molecule has 1 aromatic carbocycles. The lowest BCUT2D eigenvalue weighted by Gasteiger charge is -2.07. The molecule has 0 aromatic heterocycles. The number of hydrogen-bond donors (Lipinski definition) is 0. The number of alkyl halides is 3. The summed E-state index contributed by atoms with van der Waals surface area (Å²) in [7, 11) is 0. The fraction of sp³-hybridized carbons (Fsp3) is 0.143. The van der Waals surface area contributed by atoms with Crippen molar-refractivity contribution in [1.29, 1.82) is 0 Å². The molecular formula is C7H3F3NO3. The maximum Gasteiger partial charge on any atom is 0.573 e. The summed E-state index contributed by atoms with van der Waals surface area (Å²) in [5, 5.41) is 10.2. The van der Waals surface area contributed by atoms with E-state index in [1.54, 1.807) is 0 Å². The van der Waals surface area contributed by atoms with Gasteiger partial charge in [0.25, 0.3) is 5.69 Å². The van der Waals surface area contributed by atoms with E-state index in [0.717, 1.165) is 12.1 Å². The van der Waals surface area contributed by atoms with Crippen LogP contribution >= 0.6 is 0 Å². The van der Waals surface area contributed by atoms with Crippen LogP contribution in [0.1, 0.15) is 0 Å². The first-order valence-corrected chi connectivity index (χ1v) is 3.30. The summed E-state index contributed by atoms with van der Waals surface area (Å²) in [6.45, 7) is 0. The molecule has 7 heteroatoms. The molecule has 0 heterocycles. The molecule has 0 aliphatic carbocycles. The van der Waals surface area contributed by atoms with Crippen LogP contribution in [0.4, 0.5) is 18.9 Å². The van der Waals surface area contributed by atoms with E-state index in [9.17, 15) is 23.3 Å². The summed E-state index contributed by atoms with van der Waals surface area (Å²) in [6, 6.07) is 4.65. The Bertz CT molecular complexity index is 350. The first-order valence-electron chi connectivity index (χ1n) is 3.30. The van der Waals surface area contributed by atoms with E-state index < -0.39 is 22.7 Å². The highest BCUT2D eigenvalue weighted by Crippen LogP contribution is 2.25. The second-order valence-electron chi connectivity index (χ2n) is 2.23. The van der Waals surface area contributed by atoms with Gasteiger partial charge in [-0.05, 0) is 12.1 Å². The molecule has 1 aromatic rings. The van der Waals surface area contributed by atoms with E-state index in [-0.39, 0.29) is 0 Å². The van der Waals surface area contributed by atoms with Crippen molar-refractivity contribution < 1.29 is 22.8 Å². The standard InChI is InChI=1S/C7H3F3NO3/c8-7(9,10)14-6-3-1-2-5(4-6)11(12)13/h2-4H. The number of hydrogen-bond acceptors (Lipinski definition) is 3. The molecule has 4 nitrogen and oxygen atoms in total. The summed E-state index contributed by atoms with van der Waals surface area (Å²) in [5.41, 5.74) is -0.508. The minimum atomic E-state index is -4.86. The normalized spacial score (nSPS) is 11.1. The molecule has 0 unspecified atom stereocenters. The number of rotatable bonds is 2. The molecule has 0 spiro atoms. The number of halogens is 3. The number of benzene rings is 1. The average Bonchev–Trinajstić information content (AvgIpc) is 2.01. The minimum absolute atomic E-state index is 0.508. The zero-order chi connectivity index (χ0) is 10.8. The third-order valence-electron chi connectivity index (χ3n) is 1.19. The predicted molar refractivity (Wildman–Crippen MR) is 38.6 cm³/mol. The van der Waals surface area contributed by atoms with E-state index >= 15 is 0 Å². The number of nitrogens with zero attached hydrogens (tertiary/aromatic N) is 1. The lowest BCUT2D eigenvalue weighted by Crippen LogP contribution is -2.17. The molecule has 0 saturated heterocycles. The lowest BCUT2D eigenvalue weighted by molar-refractivity contribution is -0.385. The molecule has 1 radical (unpaired) electrons. The van der Waals surface area contributed by atoms with Gasteiger partial charge in [-0.15, -0.1) is 13.2 Å². The molecule has 0 N–H and O–H groups in total. The zero-order valence-electron chi connectivity index (χ0n) is 6.54. The van der Waals surface area contributed by atoms with Gasteiger partial charge < -0.3 is 4.74 Å². The van der Waals surface area contributed by atoms with E-state index in [0.29, 0.717) is 6.07 Å². The maximum absolute atomic E-state index is 11.7. The van der Waals surface area contributed by atoms with Gasteiger partial charge >= 0.3 is 6.36 Å². The molecule has 0 bridgehead atoms. The van der Waals surface area contributed by atoms with Crippen molar-refractivity contribution in [2.75, 3.05) is 0 Å². The average molecular weight is 206 g/mol. The van der Waals surface area contributed by atoms with Crippen molar-refractivity contribution in [1.82, 2.24) is 0 Å². The number of ether oxygens (including phenoxy) is 1. The molecule has 0 aliphatic rings. The summed E-state index contributed by atoms with van der Waals surface area (Å²) in [6.07, 6.45) is -4.86. The van der Waals surface area contributed by atoms with E-state index in [1.807, 2.05) is 0 Å². The van der Waals surface area contributed by atoms with Crippen molar-refractivity contribution in [3.05, 3.63) is 34.4 Å². The monoisotopic (exact) mass is 206 g/mol. The Morgan fingerprint density at radius 3 is 2.57 bits per heavy atom. The maximum atomic E-state index is 11.7. The smallest absolute Gasteiger partial charge is 0.406 e. The van der Waals surface area contributed by atoms with Crippen LogP contribution in [-0.2, 0) is 0 Å². The molecule has 0 atom stereocenters. The van der Waals surface area contributed by atoms with Crippen molar-refractivity contribution in [2.45, 2.75) is 6.36 Å². The van der Waals surface area contributed by atoms with Gasteiger partial charge in [0.15, 0.2) is 0 Å². The highest BCUT2D eigenvalue weighted by molar-refractivity contribution is 5.37. The molecule has 14 heavy (non-hydrogen) atoms. The fourth-order valence-electron chi connectivity index (χ4n) is 0.736. The van der Waals surface area contributed by atoms with Gasteiger partial charge in [0.1, 0.15) is 5.75 Å². The van der Waals surface area contributed by atoms with Gasteiger partial charge in [-0.25, -0.2) is 0 Å². The Morgan fingerprint density at radius 1 is 1.43 bits per heavy atom. The Kier molecular flexibility index (Phi) is 2.59. The SMILES string of the molecule is O=[N+]([O-])c1c[c]cc(OC(F)(F)F)c1. The van der Waals surface area contributed by atoms with E-state index in [1.165, 1.54) is 0 Å². The van der Waals surface area contributed by atoms with Gasteiger partial charge in [-0.1, -0.05) is 0 Å². The van der Waals surface area contributed by atoms with E-state index in [4.69, 9.17) is 0 Å². The quantitative estimate of drug-likeness (QED) is 0.551. The second kappa shape index (κ2) is 3.52. The molecule has 75 valence electrons. The van der Waals surface area contributed by atoms with Crippen molar-refractivity contribution >= 4 is 5.69 Å². The summed E-state index contributed by atoms with van der Waals surface area (Å²) >= 11 is 0. The number of nitro benzene ring substituents is 1. The van der Waals surface area contributed by atoms with Crippen molar-refractivity contribution in [2.24, 2.45) is 0 Å². The Hall–Kier alpha value is -1.79. The highest BCUT2D eigenvalue weighted by atomic mass is 19.4. The van der Waals surface area contributed by atoms with Gasteiger partial charge in [0, 0.05) is 6.07 Å². The molecular weight excluding hydrogens is 203 g/mol. The van der Waals surface area contributed by atoms with Gasteiger partial charge in [-0.3, -0.25) is 10.1 Å². The predicted octanol–water partition coefficient (Wildman–Crippen LogP) is 2.29. The van der Waals surface area contributed by atoms with Gasteiger partial charge in [-0.2, -0.15) is 0 Å². The van der Waals surface area contributed by atoms with Crippen molar-refractivity contribution in [3.8, 4) is 5.75 Å². The van der Waals surface area contributed by atoms with Crippen LogP contribution in [-0.4, -0.2) is 11.3 Å². The van der Waals surface area contributed by atoms with E-state index in [2.05, 4.69) is 10.8 Å². The minimum Gasteiger partial charge on any atom is -0.406 e. The summed E-state index contributed by atoms with van der Waals surface area (Å²) < 4.78 is 38.5. The lowest BCUT2D eigenvalue weighted by atomic mass is 10.3. The molecule has 0 saturated carbocycles. The van der Waals surface area contributed by atoms with Crippen LogP contribution in [0.15, 0.2) is 18.2 Å². The van der Waals surface area contributed by atoms with Crippen LogP contribution in [0, 0.1) is 16.2 Å². The molecule has 0 fully saturated rings. The second-order valence-corrected chi connectivity index (χ2v) is 2.23. The van der Waals surface area contributed by atoms with Crippen LogP contribution in [0.5, 0.6) is 5.75 Å². The molecule has 1 rings (SSSR count). The highest BCUT2D eigenvalue weighted by Gasteiger charge is 2.31. The first-order chi connectivity index (χ1) is 6.38. The Balaban J connectivity index is 2.89. The third-order valence-corrected chi connectivity index (χ3v) is 1.19. The topological polar surface area (TPSA) is 52.4 Å². The van der Waals surface area contributed by atoms with Gasteiger partial charge in [0.2, 0.25) is 0 Å². The summed E-state index contributed by atoms with van der Waals surface area (Å²) in [4.78, 5) is 9.33. The molecule has 0 aliphatic heterocycles. The van der Waals surface area contributed by atoms with Crippen LogP contribution in [0.2, 0.25) is 0 Å². The Labute approximate surface area is 76.1 Å². The zero-order valence-corrected chi connectivity index (χ0v) is 6.54. The molecule has 0 amide bonds. The summed E-state index contributed by atoms with van der Waals surface area (Å²) in [5.74, 6) is -0.660. The number of nitro groups is 1. The van der Waals surface area contributed by atoms with Gasteiger partial charge in [0.05, 0.1) is 11.0 Å². The van der Waals surface area contributed by atoms with Crippen molar-refractivity contribution in [3.63, 3.8) is 0 Å². The number of non-ortho nitro benzene ring substituents is 1.